The van der Waals surface area contributed by atoms with Crippen LogP contribution in [0.4, 0.5) is 0 Å². The number of hydrogen-bond acceptors (Lipinski definition) is 1. The standard InChI is InChI=1S/C17H19BrClN/c1-3-20-17(10-13-6-4-5-12(2)9-13)14-7-8-16(19)15(18)11-14/h4-9,11,17,20H,3,10H2,1-2H3. The van der Waals surface area contributed by atoms with E-state index < -0.39 is 0 Å². The number of likely N-dealkylation sites (N-methyl/N-ethyl adjacent to an activating group) is 1. The van der Waals surface area contributed by atoms with Crippen LogP contribution in [0.1, 0.15) is 29.7 Å². The maximum absolute atomic E-state index is 6.08. The Morgan fingerprint density at radius 3 is 2.65 bits per heavy atom. The zero-order valence-corrected chi connectivity index (χ0v) is 14.1. The van der Waals surface area contributed by atoms with Crippen LogP contribution in [0.25, 0.3) is 0 Å². The normalized spacial score (nSPS) is 12.4. The predicted octanol–water partition coefficient (Wildman–Crippen LogP) is 5.30. The van der Waals surface area contributed by atoms with Crippen LogP contribution in [0.2, 0.25) is 5.02 Å². The Labute approximate surface area is 134 Å². The minimum absolute atomic E-state index is 0.301. The molecule has 0 bridgehead atoms. The van der Waals surface area contributed by atoms with Gasteiger partial charge in [-0.15, -0.1) is 0 Å². The van der Waals surface area contributed by atoms with Crippen molar-refractivity contribution in [2.24, 2.45) is 0 Å². The quantitative estimate of drug-likeness (QED) is 0.769. The molecule has 0 radical (unpaired) electrons. The highest BCUT2D eigenvalue weighted by Gasteiger charge is 2.12. The molecule has 2 aromatic rings. The van der Waals surface area contributed by atoms with E-state index in [1.165, 1.54) is 16.7 Å². The van der Waals surface area contributed by atoms with Gasteiger partial charge in [-0.3, -0.25) is 0 Å². The Kier molecular flexibility index (Phi) is 5.64. The molecule has 20 heavy (non-hydrogen) atoms. The summed E-state index contributed by atoms with van der Waals surface area (Å²) in [5.41, 5.74) is 3.90. The van der Waals surface area contributed by atoms with Crippen LogP contribution in [-0.2, 0) is 6.42 Å². The average Bonchev–Trinajstić information content (AvgIpc) is 2.41. The molecule has 1 atom stereocenters. The van der Waals surface area contributed by atoms with Gasteiger partial charge in [-0.25, -0.2) is 0 Å². The molecule has 0 aliphatic carbocycles. The molecule has 0 spiro atoms. The summed E-state index contributed by atoms with van der Waals surface area (Å²) < 4.78 is 0.948. The van der Waals surface area contributed by atoms with Crippen molar-refractivity contribution in [3.63, 3.8) is 0 Å². The highest BCUT2D eigenvalue weighted by atomic mass is 79.9. The smallest absolute Gasteiger partial charge is 0.0548 e. The lowest BCUT2D eigenvalue weighted by molar-refractivity contribution is 0.549. The number of hydrogen-bond donors (Lipinski definition) is 1. The largest absolute Gasteiger partial charge is 0.310 e. The number of rotatable bonds is 5. The number of aryl methyl sites for hydroxylation is 1. The van der Waals surface area contributed by atoms with Gasteiger partial charge >= 0.3 is 0 Å². The van der Waals surface area contributed by atoms with Crippen molar-refractivity contribution in [3.8, 4) is 0 Å². The highest BCUT2D eigenvalue weighted by molar-refractivity contribution is 9.10. The zero-order valence-electron chi connectivity index (χ0n) is 11.8. The molecular weight excluding hydrogens is 334 g/mol. The van der Waals surface area contributed by atoms with Crippen molar-refractivity contribution in [2.75, 3.05) is 6.54 Å². The molecule has 2 aromatic carbocycles. The van der Waals surface area contributed by atoms with Gasteiger partial charge < -0.3 is 5.32 Å². The topological polar surface area (TPSA) is 12.0 Å². The Balaban J connectivity index is 2.24. The zero-order chi connectivity index (χ0) is 14.5. The molecule has 0 heterocycles. The second-order valence-corrected chi connectivity index (χ2v) is 6.24. The van der Waals surface area contributed by atoms with Crippen molar-refractivity contribution in [1.29, 1.82) is 0 Å². The minimum atomic E-state index is 0.301. The molecule has 1 unspecified atom stereocenters. The molecule has 0 aromatic heterocycles. The lowest BCUT2D eigenvalue weighted by atomic mass is 9.98. The third-order valence-electron chi connectivity index (χ3n) is 3.32. The summed E-state index contributed by atoms with van der Waals surface area (Å²) in [5, 5.41) is 4.30. The highest BCUT2D eigenvalue weighted by Crippen LogP contribution is 2.27. The minimum Gasteiger partial charge on any atom is -0.310 e. The van der Waals surface area contributed by atoms with E-state index in [0.717, 1.165) is 22.5 Å². The Hall–Kier alpha value is -0.830. The van der Waals surface area contributed by atoms with E-state index in [1.807, 2.05) is 6.07 Å². The van der Waals surface area contributed by atoms with Crippen molar-refractivity contribution in [3.05, 3.63) is 68.7 Å². The summed E-state index contributed by atoms with van der Waals surface area (Å²) in [7, 11) is 0. The Bertz CT molecular complexity index is 583. The molecule has 106 valence electrons. The summed E-state index contributed by atoms with van der Waals surface area (Å²) in [6, 6.07) is 15.1. The molecule has 0 saturated carbocycles. The summed E-state index contributed by atoms with van der Waals surface area (Å²) >= 11 is 9.58. The van der Waals surface area contributed by atoms with E-state index in [-0.39, 0.29) is 0 Å². The summed E-state index contributed by atoms with van der Waals surface area (Å²) in [6.07, 6.45) is 0.976. The molecule has 0 fully saturated rings. The van der Waals surface area contributed by atoms with E-state index >= 15 is 0 Å². The van der Waals surface area contributed by atoms with Gasteiger partial charge in [0.2, 0.25) is 0 Å². The van der Waals surface area contributed by atoms with Crippen LogP contribution in [0, 0.1) is 6.92 Å². The lowest BCUT2D eigenvalue weighted by Crippen LogP contribution is -2.23. The number of halogens is 2. The summed E-state index contributed by atoms with van der Waals surface area (Å²) in [6.45, 7) is 5.20. The number of benzene rings is 2. The lowest BCUT2D eigenvalue weighted by Gasteiger charge is -2.19. The second-order valence-electron chi connectivity index (χ2n) is 4.98. The first-order valence-electron chi connectivity index (χ1n) is 6.84. The second kappa shape index (κ2) is 7.26. The van der Waals surface area contributed by atoms with Gasteiger partial charge in [0, 0.05) is 10.5 Å². The first kappa shape index (κ1) is 15.6. The van der Waals surface area contributed by atoms with Gasteiger partial charge in [-0.05, 0) is 59.1 Å². The Morgan fingerprint density at radius 2 is 2.00 bits per heavy atom. The van der Waals surface area contributed by atoms with Crippen LogP contribution in [0.5, 0.6) is 0 Å². The SMILES string of the molecule is CCNC(Cc1cccc(C)c1)c1ccc(Cl)c(Br)c1. The van der Waals surface area contributed by atoms with E-state index in [2.05, 4.69) is 71.5 Å². The van der Waals surface area contributed by atoms with Gasteiger partial charge in [0.05, 0.1) is 5.02 Å². The summed E-state index contributed by atoms with van der Waals surface area (Å²) in [4.78, 5) is 0. The predicted molar refractivity (Wildman–Crippen MR) is 90.5 cm³/mol. The van der Waals surface area contributed by atoms with Gasteiger partial charge in [0.25, 0.3) is 0 Å². The molecule has 1 nitrogen and oxygen atoms in total. The molecule has 1 N–H and O–H groups in total. The fourth-order valence-electron chi connectivity index (χ4n) is 2.36. The first-order valence-corrected chi connectivity index (χ1v) is 8.01. The van der Waals surface area contributed by atoms with E-state index in [0.29, 0.717) is 6.04 Å². The third-order valence-corrected chi connectivity index (χ3v) is 4.53. The van der Waals surface area contributed by atoms with Gasteiger partial charge in [-0.2, -0.15) is 0 Å². The van der Waals surface area contributed by atoms with E-state index in [1.54, 1.807) is 0 Å². The van der Waals surface area contributed by atoms with Crippen LogP contribution in [-0.4, -0.2) is 6.54 Å². The average molecular weight is 353 g/mol. The van der Waals surface area contributed by atoms with E-state index in [4.69, 9.17) is 11.6 Å². The van der Waals surface area contributed by atoms with Gasteiger partial charge in [-0.1, -0.05) is 54.4 Å². The molecule has 2 rings (SSSR count). The maximum atomic E-state index is 6.08. The molecule has 3 heteroatoms. The maximum Gasteiger partial charge on any atom is 0.0548 e. The van der Waals surface area contributed by atoms with Crippen LogP contribution in [0.15, 0.2) is 46.9 Å². The fraction of sp³-hybridized carbons (Fsp3) is 0.294. The monoisotopic (exact) mass is 351 g/mol. The molecule has 0 aliphatic rings. The molecule has 0 amide bonds. The molecule has 0 aliphatic heterocycles. The molecular formula is C17H19BrClN. The first-order chi connectivity index (χ1) is 9.60. The van der Waals surface area contributed by atoms with Crippen molar-refractivity contribution >= 4 is 27.5 Å². The van der Waals surface area contributed by atoms with Crippen molar-refractivity contribution < 1.29 is 0 Å². The third kappa shape index (κ3) is 4.08. The fourth-order valence-corrected chi connectivity index (χ4v) is 2.87. The number of nitrogens with one attached hydrogen (secondary N) is 1. The Morgan fingerprint density at radius 1 is 1.20 bits per heavy atom. The van der Waals surface area contributed by atoms with Crippen molar-refractivity contribution in [2.45, 2.75) is 26.3 Å². The summed E-state index contributed by atoms with van der Waals surface area (Å²) in [5.74, 6) is 0. The van der Waals surface area contributed by atoms with Crippen LogP contribution in [0.3, 0.4) is 0 Å². The van der Waals surface area contributed by atoms with Gasteiger partial charge in [0.15, 0.2) is 0 Å². The van der Waals surface area contributed by atoms with Crippen molar-refractivity contribution in [1.82, 2.24) is 5.32 Å². The van der Waals surface area contributed by atoms with E-state index in [9.17, 15) is 0 Å². The van der Waals surface area contributed by atoms with Gasteiger partial charge in [0.1, 0.15) is 0 Å². The van der Waals surface area contributed by atoms with Crippen LogP contribution >= 0.6 is 27.5 Å². The van der Waals surface area contributed by atoms with Crippen LogP contribution < -0.4 is 5.32 Å². The molecule has 0 saturated heterocycles.